The molecule has 5 heteroatoms. The summed E-state index contributed by atoms with van der Waals surface area (Å²) in [6.07, 6.45) is 1.94. The summed E-state index contributed by atoms with van der Waals surface area (Å²) in [6, 6.07) is 5.32. The van der Waals surface area contributed by atoms with E-state index in [1.54, 1.807) is 12.1 Å². The molecular formula is C11H12BrClN2O. The maximum absolute atomic E-state index is 11.8. The monoisotopic (exact) mass is 302 g/mol. The van der Waals surface area contributed by atoms with Crippen molar-refractivity contribution in [2.75, 3.05) is 11.9 Å². The fourth-order valence-electron chi connectivity index (χ4n) is 1.72. The van der Waals surface area contributed by atoms with Crippen LogP contribution in [0.2, 0.25) is 5.02 Å². The number of halogens is 2. The second kappa shape index (κ2) is 5.17. The Morgan fingerprint density at radius 1 is 1.56 bits per heavy atom. The molecular weight excluding hydrogens is 291 g/mol. The Kier molecular flexibility index (Phi) is 3.84. The van der Waals surface area contributed by atoms with Gasteiger partial charge in [0.1, 0.15) is 0 Å². The molecule has 0 spiro atoms. The molecule has 1 aromatic rings. The Morgan fingerprint density at radius 3 is 3.00 bits per heavy atom. The average Bonchev–Trinajstić information content (AvgIpc) is 2.75. The van der Waals surface area contributed by atoms with Crippen molar-refractivity contribution in [1.29, 1.82) is 0 Å². The van der Waals surface area contributed by atoms with Crippen LogP contribution in [0.3, 0.4) is 0 Å². The molecule has 1 atom stereocenters. The molecule has 1 aliphatic rings. The van der Waals surface area contributed by atoms with Crippen LogP contribution >= 0.6 is 27.5 Å². The number of benzene rings is 1. The quantitative estimate of drug-likeness (QED) is 0.882. The highest BCUT2D eigenvalue weighted by atomic mass is 79.9. The van der Waals surface area contributed by atoms with Gasteiger partial charge >= 0.3 is 0 Å². The summed E-state index contributed by atoms with van der Waals surface area (Å²) in [6.45, 7) is 0.909. The first-order valence-corrected chi connectivity index (χ1v) is 6.33. The van der Waals surface area contributed by atoms with Gasteiger partial charge in [-0.05, 0) is 37.6 Å². The van der Waals surface area contributed by atoms with Gasteiger partial charge in [0.05, 0.1) is 16.8 Å². The molecule has 0 bridgehead atoms. The predicted octanol–water partition coefficient (Wildman–Crippen LogP) is 2.79. The van der Waals surface area contributed by atoms with Crippen LogP contribution in [-0.4, -0.2) is 18.5 Å². The van der Waals surface area contributed by atoms with Gasteiger partial charge in [-0.25, -0.2) is 0 Å². The third kappa shape index (κ3) is 2.75. The third-order valence-corrected chi connectivity index (χ3v) is 3.37. The molecule has 1 unspecified atom stereocenters. The Hall–Kier alpha value is -0.580. The minimum absolute atomic E-state index is 0.0123. The van der Waals surface area contributed by atoms with Crippen molar-refractivity contribution < 1.29 is 4.79 Å². The second-order valence-corrected chi connectivity index (χ2v) is 5.09. The van der Waals surface area contributed by atoms with Crippen LogP contribution in [0.25, 0.3) is 0 Å². The molecule has 0 aromatic heterocycles. The van der Waals surface area contributed by atoms with E-state index < -0.39 is 0 Å². The Labute approximate surface area is 108 Å². The zero-order valence-corrected chi connectivity index (χ0v) is 10.9. The standard InChI is InChI=1S/C11H12BrClN2O/c12-7-3-4-9(8(13)6-7)15-11(16)10-2-1-5-14-10/h3-4,6,10,14H,1-2,5H2,(H,15,16). The molecule has 0 aliphatic carbocycles. The topological polar surface area (TPSA) is 41.1 Å². The van der Waals surface area contributed by atoms with Gasteiger partial charge in [-0.2, -0.15) is 0 Å². The maximum Gasteiger partial charge on any atom is 0.241 e. The van der Waals surface area contributed by atoms with Crippen molar-refractivity contribution in [3.8, 4) is 0 Å². The lowest BCUT2D eigenvalue weighted by Crippen LogP contribution is -2.35. The first-order chi connectivity index (χ1) is 7.66. The highest BCUT2D eigenvalue weighted by Crippen LogP contribution is 2.26. The molecule has 16 heavy (non-hydrogen) atoms. The van der Waals surface area contributed by atoms with E-state index in [0.717, 1.165) is 23.9 Å². The lowest BCUT2D eigenvalue weighted by Gasteiger charge is -2.12. The van der Waals surface area contributed by atoms with E-state index in [2.05, 4.69) is 26.6 Å². The Morgan fingerprint density at radius 2 is 2.38 bits per heavy atom. The highest BCUT2D eigenvalue weighted by Gasteiger charge is 2.22. The van der Waals surface area contributed by atoms with E-state index in [0.29, 0.717) is 10.7 Å². The van der Waals surface area contributed by atoms with E-state index in [9.17, 15) is 4.79 Å². The zero-order chi connectivity index (χ0) is 11.5. The number of anilines is 1. The fraction of sp³-hybridized carbons (Fsp3) is 0.364. The molecule has 2 rings (SSSR count). The number of carbonyl (C=O) groups is 1. The third-order valence-electron chi connectivity index (χ3n) is 2.57. The van der Waals surface area contributed by atoms with Gasteiger partial charge in [0.2, 0.25) is 5.91 Å². The van der Waals surface area contributed by atoms with Gasteiger partial charge in [-0.3, -0.25) is 4.79 Å². The van der Waals surface area contributed by atoms with Gasteiger partial charge in [0, 0.05) is 4.47 Å². The molecule has 1 aromatic carbocycles. The number of amides is 1. The summed E-state index contributed by atoms with van der Waals surface area (Å²) in [5.41, 5.74) is 0.656. The summed E-state index contributed by atoms with van der Waals surface area (Å²) in [7, 11) is 0. The number of hydrogen-bond acceptors (Lipinski definition) is 2. The Balaban J connectivity index is 2.05. The Bertz CT molecular complexity index is 405. The predicted molar refractivity (Wildman–Crippen MR) is 68.8 cm³/mol. The molecule has 0 radical (unpaired) electrons. The van der Waals surface area contributed by atoms with Gasteiger partial charge in [-0.1, -0.05) is 27.5 Å². The van der Waals surface area contributed by atoms with E-state index in [1.807, 2.05) is 6.07 Å². The van der Waals surface area contributed by atoms with Crippen LogP contribution < -0.4 is 10.6 Å². The number of rotatable bonds is 2. The van der Waals surface area contributed by atoms with Crippen LogP contribution in [0.15, 0.2) is 22.7 Å². The van der Waals surface area contributed by atoms with E-state index >= 15 is 0 Å². The van der Waals surface area contributed by atoms with Crippen molar-refractivity contribution in [3.63, 3.8) is 0 Å². The van der Waals surface area contributed by atoms with E-state index in [-0.39, 0.29) is 11.9 Å². The van der Waals surface area contributed by atoms with Gasteiger partial charge < -0.3 is 10.6 Å². The molecule has 86 valence electrons. The maximum atomic E-state index is 11.8. The SMILES string of the molecule is O=C(Nc1ccc(Br)cc1Cl)C1CCCN1. The smallest absolute Gasteiger partial charge is 0.241 e. The minimum atomic E-state index is -0.0836. The first-order valence-electron chi connectivity index (χ1n) is 5.16. The number of nitrogens with one attached hydrogen (secondary N) is 2. The van der Waals surface area contributed by atoms with Crippen molar-refractivity contribution in [2.24, 2.45) is 0 Å². The second-order valence-electron chi connectivity index (χ2n) is 3.76. The van der Waals surface area contributed by atoms with Crippen LogP contribution in [0.4, 0.5) is 5.69 Å². The van der Waals surface area contributed by atoms with Gasteiger partial charge in [0.15, 0.2) is 0 Å². The minimum Gasteiger partial charge on any atom is -0.323 e. The summed E-state index contributed by atoms with van der Waals surface area (Å²) in [5.74, 6) is -0.0123. The van der Waals surface area contributed by atoms with Crippen molar-refractivity contribution in [1.82, 2.24) is 5.32 Å². The average molecular weight is 304 g/mol. The molecule has 0 saturated carbocycles. The van der Waals surface area contributed by atoms with Gasteiger partial charge in [0.25, 0.3) is 0 Å². The molecule has 3 nitrogen and oxygen atoms in total. The van der Waals surface area contributed by atoms with Crippen molar-refractivity contribution in [3.05, 3.63) is 27.7 Å². The summed E-state index contributed by atoms with van der Waals surface area (Å²) < 4.78 is 0.898. The van der Waals surface area contributed by atoms with Crippen molar-refractivity contribution in [2.45, 2.75) is 18.9 Å². The summed E-state index contributed by atoms with van der Waals surface area (Å²) in [4.78, 5) is 11.8. The lowest BCUT2D eigenvalue weighted by atomic mass is 10.2. The molecule has 1 heterocycles. The van der Waals surface area contributed by atoms with E-state index in [4.69, 9.17) is 11.6 Å². The van der Waals surface area contributed by atoms with Crippen LogP contribution in [0.5, 0.6) is 0 Å². The normalized spacial score (nSPS) is 19.8. The van der Waals surface area contributed by atoms with Gasteiger partial charge in [-0.15, -0.1) is 0 Å². The largest absolute Gasteiger partial charge is 0.323 e. The highest BCUT2D eigenvalue weighted by molar-refractivity contribution is 9.10. The van der Waals surface area contributed by atoms with Crippen molar-refractivity contribution >= 4 is 39.1 Å². The van der Waals surface area contributed by atoms with Crippen LogP contribution in [0, 0.1) is 0 Å². The van der Waals surface area contributed by atoms with E-state index in [1.165, 1.54) is 0 Å². The molecule has 1 fully saturated rings. The first kappa shape index (κ1) is 11.9. The van der Waals surface area contributed by atoms with Crippen LogP contribution in [0.1, 0.15) is 12.8 Å². The number of carbonyl (C=O) groups excluding carboxylic acids is 1. The van der Waals surface area contributed by atoms with Crippen LogP contribution in [-0.2, 0) is 4.79 Å². The molecule has 1 aliphatic heterocycles. The fourth-order valence-corrected chi connectivity index (χ4v) is 2.44. The molecule has 1 saturated heterocycles. The number of hydrogen-bond donors (Lipinski definition) is 2. The summed E-state index contributed by atoms with van der Waals surface area (Å²) >= 11 is 9.33. The summed E-state index contributed by atoms with van der Waals surface area (Å²) in [5, 5.41) is 6.51. The molecule has 1 amide bonds. The lowest BCUT2D eigenvalue weighted by molar-refractivity contribution is -0.117. The zero-order valence-electron chi connectivity index (χ0n) is 8.59. The molecule has 2 N–H and O–H groups in total.